The van der Waals surface area contributed by atoms with Crippen LogP contribution in [0.1, 0.15) is 17.2 Å². The molecule has 1 aliphatic rings. The lowest BCUT2D eigenvalue weighted by Crippen LogP contribution is -1.89. The number of aromatic hydroxyl groups is 1. The van der Waals surface area contributed by atoms with Crippen LogP contribution in [-0.2, 0) is 0 Å². The third kappa shape index (κ3) is 0.917. The first-order valence-electron chi connectivity index (χ1n) is 3.46. The summed E-state index contributed by atoms with van der Waals surface area (Å²) in [7, 11) is 0. The molecule has 0 saturated carbocycles. The summed E-state index contributed by atoms with van der Waals surface area (Å²) in [4.78, 5) is 0. The SMILES string of the molecule is Oc1ccc2c(c1)C(O)C=C2. The fraction of sp³-hybridized carbons (Fsp3) is 0.111. The molecule has 1 aromatic rings. The number of phenolic OH excluding ortho intramolecular Hbond substituents is 1. The number of phenols is 1. The molecule has 1 aromatic carbocycles. The summed E-state index contributed by atoms with van der Waals surface area (Å²) in [5.41, 5.74) is 1.76. The van der Waals surface area contributed by atoms with Crippen LogP contribution in [0.5, 0.6) is 5.75 Å². The highest BCUT2D eigenvalue weighted by Gasteiger charge is 2.13. The van der Waals surface area contributed by atoms with E-state index < -0.39 is 6.10 Å². The van der Waals surface area contributed by atoms with Gasteiger partial charge in [0.05, 0.1) is 6.10 Å². The molecule has 0 fully saturated rings. The second-order valence-electron chi connectivity index (χ2n) is 2.62. The summed E-state index contributed by atoms with van der Waals surface area (Å²) >= 11 is 0. The molecule has 2 heteroatoms. The van der Waals surface area contributed by atoms with Crippen LogP contribution in [0.2, 0.25) is 0 Å². The Morgan fingerprint density at radius 2 is 2.09 bits per heavy atom. The van der Waals surface area contributed by atoms with Crippen molar-refractivity contribution in [1.29, 1.82) is 0 Å². The predicted molar refractivity (Wildman–Crippen MR) is 42.1 cm³/mol. The molecule has 11 heavy (non-hydrogen) atoms. The van der Waals surface area contributed by atoms with Crippen LogP contribution in [0.3, 0.4) is 0 Å². The van der Waals surface area contributed by atoms with Gasteiger partial charge < -0.3 is 10.2 Å². The number of hydrogen-bond donors (Lipinski definition) is 2. The second-order valence-corrected chi connectivity index (χ2v) is 2.62. The monoisotopic (exact) mass is 148 g/mol. The zero-order valence-corrected chi connectivity index (χ0v) is 5.86. The van der Waals surface area contributed by atoms with E-state index in [1.807, 2.05) is 6.08 Å². The largest absolute Gasteiger partial charge is 0.508 e. The lowest BCUT2D eigenvalue weighted by molar-refractivity contribution is 0.231. The van der Waals surface area contributed by atoms with Gasteiger partial charge in [-0.15, -0.1) is 0 Å². The molecule has 0 aromatic heterocycles. The van der Waals surface area contributed by atoms with Crippen LogP contribution in [-0.4, -0.2) is 10.2 Å². The van der Waals surface area contributed by atoms with Crippen LogP contribution in [0.15, 0.2) is 24.3 Å². The van der Waals surface area contributed by atoms with Gasteiger partial charge in [-0.2, -0.15) is 0 Å². The summed E-state index contributed by atoms with van der Waals surface area (Å²) < 4.78 is 0. The highest BCUT2D eigenvalue weighted by atomic mass is 16.3. The Balaban J connectivity index is 2.58. The van der Waals surface area contributed by atoms with E-state index in [1.165, 1.54) is 0 Å². The van der Waals surface area contributed by atoms with Gasteiger partial charge in [0.2, 0.25) is 0 Å². The number of rotatable bonds is 0. The molecule has 0 radical (unpaired) electrons. The Morgan fingerprint density at radius 1 is 1.27 bits per heavy atom. The maximum Gasteiger partial charge on any atom is 0.116 e. The van der Waals surface area contributed by atoms with Crippen LogP contribution < -0.4 is 0 Å². The van der Waals surface area contributed by atoms with Crippen LogP contribution >= 0.6 is 0 Å². The molecule has 1 aliphatic carbocycles. The van der Waals surface area contributed by atoms with Crippen LogP contribution in [0, 0.1) is 0 Å². The van der Waals surface area contributed by atoms with Gasteiger partial charge in [0, 0.05) is 0 Å². The number of aliphatic hydroxyl groups is 1. The minimum absolute atomic E-state index is 0.200. The van der Waals surface area contributed by atoms with Gasteiger partial charge >= 0.3 is 0 Å². The minimum atomic E-state index is -0.544. The third-order valence-corrected chi connectivity index (χ3v) is 1.85. The number of hydrogen-bond acceptors (Lipinski definition) is 2. The number of aliphatic hydroxyl groups excluding tert-OH is 1. The predicted octanol–water partition coefficient (Wildman–Crippen LogP) is 1.45. The summed E-state index contributed by atoms with van der Waals surface area (Å²) in [5, 5.41) is 18.4. The number of fused-ring (bicyclic) bond motifs is 1. The highest BCUT2D eigenvalue weighted by Crippen LogP contribution is 2.30. The fourth-order valence-corrected chi connectivity index (χ4v) is 1.27. The van der Waals surface area contributed by atoms with Crippen molar-refractivity contribution >= 4 is 6.08 Å². The zero-order chi connectivity index (χ0) is 7.84. The quantitative estimate of drug-likeness (QED) is 0.584. The lowest BCUT2D eigenvalue weighted by Gasteiger charge is -2.02. The van der Waals surface area contributed by atoms with Crippen LogP contribution in [0.4, 0.5) is 0 Å². The molecule has 2 nitrogen and oxygen atoms in total. The average Bonchev–Trinajstić information content (AvgIpc) is 2.33. The molecule has 56 valence electrons. The van der Waals surface area contributed by atoms with Gasteiger partial charge in [-0.05, 0) is 23.3 Å². The summed E-state index contributed by atoms with van der Waals surface area (Å²) in [5.74, 6) is 0.200. The molecular weight excluding hydrogens is 140 g/mol. The first kappa shape index (κ1) is 6.43. The van der Waals surface area contributed by atoms with Gasteiger partial charge in [0.25, 0.3) is 0 Å². The molecule has 1 atom stereocenters. The van der Waals surface area contributed by atoms with Gasteiger partial charge in [0.1, 0.15) is 5.75 Å². The molecule has 0 saturated heterocycles. The average molecular weight is 148 g/mol. The van der Waals surface area contributed by atoms with Crippen molar-refractivity contribution < 1.29 is 10.2 Å². The second kappa shape index (κ2) is 2.10. The maximum atomic E-state index is 9.31. The van der Waals surface area contributed by atoms with Crippen molar-refractivity contribution in [3.63, 3.8) is 0 Å². The molecule has 0 spiro atoms. The minimum Gasteiger partial charge on any atom is -0.508 e. The molecule has 2 rings (SSSR count). The first-order valence-corrected chi connectivity index (χ1v) is 3.46. The van der Waals surface area contributed by atoms with E-state index in [0.717, 1.165) is 11.1 Å². The van der Waals surface area contributed by atoms with Crippen molar-refractivity contribution in [2.75, 3.05) is 0 Å². The molecule has 1 unspecified atom stereocenters. The topological polar surface area (TPSA) is 40.5 Å². The van der Waals surface area contributed by atoms with E-state index in [-0.39, 0.29) is 5.75 Å². The normalized spacial score (nSPS) is 20.3. The van der Waals surface area contributed by atoms with Gasteiger partial charge in [-0.1, -0.05) is 18.2 Å². The van der Waals surface area contributed by atoms with Gasteiger partial charge in [0.15, 0.2) is 0 Å². The van der Waals surface area contributed by atoms with E-state index in [0.29, 0.717) is 0 Å². The Kier molecular flexibility index (Phi) is 1.23. The summed E-state index contributed by atoms with van der Waals surface area (Å²) in [6, 6.07) is 4.98. The summed E-state index contributed by atoms with van der Waals surface area (Å²) in [6.07, 6.45) is 3.00. The Labute approximate surface area is 64.4 Å². The maximum absolute atomic E-state index is 9.31. The molecule has 0 aliphatic heterocycles. The third-order valence-electron chi connectivity index (χ3n) is 1.85. The van der Waals surface area contributed by atoms with Crippen molar-refractivity contribution in [2.24, 2.45) is 0 Å². The Hall–Kier alpha value is -1.28. The van der Waals surface area contributed by atoms with Crippen molar-refractivity contribution in [3.05, 3.63) is 35.4 Å². The number of benzene rings is 1. The van der Waals surface area contributed by atoms with Crippen LogP contribution in [0.25, 0.3) is 6.08 Å². The first-order chi connectivity index (χ1) is 5.27. The fourth-order valence-electron chi connectivity index (χ4n) is 1.27. The zero-order valence-electron chi connectivity index (χ0n) is 5.86. The lowest BCUT2D eigenvalue weighted by atomic mass is 10.1. The van der Waals surface area contributed by atoms with E-state index in [4.69, 9.17) is 5.11 Å². The van der Waals surface area contributed by atoms with Crippen molar-refractivity contribution in [1.82, 2.24) is 0 Å². The van der Waals surface area contributed by atoms with Crippen molar-refractivity contribution in [2.45, 2.75) is 6.10 Å². The smallest absolute Gasteiger partial charge is 0.116 e. The van der Waals surface area contributed by atoms with Gasteiger partial charge in [-0.3, -0.25) is 0 Å². The standard InChI is InChI=1S/C9H8O2/c10-7-3-1-6-2-4-9(11)8(6)5-7/h1-5,9-11H. The van der Waals surface area contributed by atoms with E-state index in [1.54, 1.807) is 24.3 Å². The van der Waals surface area contributed by atoms with E-state index >= 15 is 0 Å². The molecule has 0 bridgehead atoms. The molecule has 2 N–H and O–H groups in total. The van der Waals surface area contributed by atoms with Crippen molar-refractivity contribution in [3.8, 4) is 5.75 Å². The van der Waals surface area contributed by atoms with Gasteiger partial charge in [-0.25, -0.2) is 0 Å². The van der Waals surface area contributed by atoms with E-state index in [9.17, 15) is 5.11 Å². The Morgan fingerprint density at radius 3 is 2.91 bits per heavy atom. The highest BCUT2D eigenvalue weighted by molar-refractivity contribution is 5.62. The van der Waals surface area contributed by atoms with E-state index in [2.05, 4.69) is 0 Å². The Bertz CT molecular complexity index is 315. The molecule has 0 amide bonds. The summed E-state index contributed by atoms with van der Waals surface area (Å²) in [6.45, 7) is 0. The molecular formula is C9H8O2. The molecule has 0 heterocycles.